The van der Waals surface area contributed by atoms with Gasteiger partial charge in [-0.1, -0.05) is 6.92 Å². The third-order valence-electron chi connectivity index (χ3n) is 6.22. The van der Waals surface area contributed by atoms with Crippen molar-refractivity contribution in [2.45, 2.75) is 65.5 Å². The van der Waals surface area contributed by atoms with Gasteiger partial charge in [0.05, 0.1) is 6.54 Å². The van der Waals surface area contributed by atoms with Gasteiger partial charge in [-0.3, -0.25) is 0 Å². The number of aromatic nitrogens is 2. The molecule has 0 amide bonds. The summed E-state index contributed by atoms with van der Waals surface area (Å²) in [5.41, 5.74) is 0. The fourth-order valence-corrected chi connectivity index (χ4v) is 4.68. The molecule has 31 heavy (non-hydrogen) atoms. The van der Waals surface area contributed by atoms with Crippen molar-refractivity contribution in [2.75, 3.05) is 34.8 Å². The Kier molecular flexibility index (Phi) is 6.95. The number of anilines is 3. The van der Waals surface area contributed by atoms with Crippen LogP contribution >= 0.6 is 12.2 Å². The van der Waals surface area contributed by atoms with Crippen molar-refractivity contribution < 1.29 is 4.42 Å². The normalized spacial score (nSPS) is 21.8. The van der Waals surface area contributed by atoms with Crippen molar-refractivity contribution in [3.8, 4) is 0 Å². The second kappa shape index (κ2) is 9.85. The summed E-state index contributed by atoms with van der Waals surface area (Å²) in [5.74, 6) is 4.95. The first kappa shape index (κ1) is 21.9. The summed E-state index contributed by atoms with van der Waals surface area (Å²) in [4.78, 5) is 14.5. The summed E-state index contributed by atoms with van der Waals surface area (Å²) in [6, 6.07) is 6.55. The highest BCUT2D eigenvalue weighted by Crippen LogP contribution is 2.29. The van der Waals surface area contributed by atoms with E-state index in [4.69, 9.17) is 26.6 Å². The van der Waals surface area contributed by atoms with Gasteiger partial charge in [0.25, 0.3) is 0 Å². The topological polar surface area (TPSA) is 69.5 Å². The van der Waals surface area contributed by atoms with Gasteiger partial charge in [-0.05, 0) is 76.2 Å². The van der Waals surface area contributed by atoms with Gasteiger partial charge in [0.15, 0.2) is 5.11 Å². The third kappa shape index (κ3) is 5.67. The van der Waals surface area contributed by atoms with Crippen LogP contribution in [0.3, 0.4) is 0 Å². The van der Waals surface area contributed by atoms with Gasteiger partial charge in [0, 0.05) is 31.7 Å². The monoisotopic (exact) mass is 442 g/mol. The van der Waals surface area contributed by atoms with Crippen molar-refractivity contribution in [1.29, 1.82) is 0 Å². The lowest BCUT2D eigenvalue weighted by Crippen LogP contribution is -2.39. The third-order valence-corrected chi connectivity index (χ3v) is 6.47. The Morgan fingerprint density at radius 3 is 2.71 bits per heavy atom. The van der Waals surface area contributed by atoms with Crippen molar-refractivity contribution in [2.24, 2.45) is 5.92 Å². The van der Waals surface area contributed by atoms with Crippen molar-refractivity contribution in [3.05, 3.63) is 29.7 Å². The van der Waals surface area contributed by atoms with Crippen LogP contribution in [-0.2, 0) is 6.54 Å². The highest BCUT2D eigenvalue weighted by Gasteiger charge is 2.24. The van der Waals surface area contributed by atoms with Crippen LogP contribution in [0.5, 0.6) is 0 Å². The smallest absolute Gasteiger partial charge is 0.232 e. The number of hydrogen-bond acceptors (Lipinski definition) is 6. The standard InChI is InChI=1S/C23H34N6OS/c1-16-7-6-11-28(15-16)20-13-21(29-12-5-4-8-17(29)2)26-22(25-20)27-23(31)24-14-19-10-9-18(3)30-19/h9-10,13,16-17H,4-8,11-12,14-15H2,1-3H3,(H2,24,25,26,27,31)/t16-,17-/m1/s1. The number of aryl methyl sites for hydroxylation is 1. The summed E-state index contributed by atoms with van der Waals surface area (Å²) < 4.78 is 5.61. The molecule has 4 heterocycles. The second-order valence-corrected chi connectivity index (χ2v) is 9.37. The summed E-state index contributed by atoms with van der Waals surface area (Å²) in [6.45, 7) is 10.2. The SMILES string of the molecule is Cc1ccc(CNC(=S)Nc2nc(N3CCC[C@@H](C)C3)cc(N3CCCC[C@H]3C)n2)o1. The van der Waals surface area contributed by atoms with E-state index in [0.29, 0.717) is 29.6 Å². The maximum atomic E-state index is 5.61. The molecule has 2 aromatic heterocycles. The van der Waals surface area contributed by atoms with Crippen LogP contribution in [0.4, 0.5) is 17.6 Å². The Morgan fingerprint density at radius 1 is 1.13 bits per heavy atom. The molecule has 2 aromatic rings. The molecule has 7 nitrogen and oxygen atoms in total. The van der Waals surface area contributed by atoms with Crippen molar-refractivity contribution >= 4 is 34.9 Å². The molecular weight excluding hydrogens is 408 g/mol. The molecule has 0 aromatic carbocycles. The molecule has 4 rings (SSSR count). The molecule has 8 heteroatoms. The van der Waals surface area contributed by atoms with Crippen LogP contribution in [0.25, 0.3) is 0 Å². The largest absolute Gasteiger partial charge is 0.465 e. The lowest BCUT2D eigenvalue weighted by molar-refractivity contribution is 0.444. The molecule has 0 aliphatic carbocycles. The Hall–Kier alpha value is -2.35. The van der Waals surface area contributed by atoms with E-state index >= 15 is 0 Å². The predicted octanol–water partition coefficient (Wildman–Crippen LogP) is 4.48. The quantitative estimate of drug-likeness (QED) is 0.657. The zero-order valence-corrected chi connectivity index (χ0v) is 19.7. The molecular formula is C23H34N6OS. The maximum absolute atomic E-state index is 5.61. The molecule has 2 aliphatic rings. The Morgan fingerprint density at radius 2 is 1.97 bits per heavy atom. The van der Waals surface area contributed by atoms with E-state index in [2.05, 4.69) is 40.3 Å². The Labute approximate surface area is 190 Å². The van der Waals surface area contributed by atoms with Gasteiger partial charge in [0.2, 0.25) is 5.95 Å². The Bertz CT molecular complexity index is 900. The molecule has 2 saturated heterocycles. The van der Waals surface area contributed by atoms with Crippen LogP contribution in [0.1, 0.15) is 57.5 Å². The predicted molar refractivity (Wildman–Crippen MR) is 130 cm³/mol. The highest BCUT2D eigenvalue weighted by atomic mass is 32.1. The molecule has 0 unspecified atom stereocenters. The molecule has 2 atom stereocenters. The van der Waals surface area contributed by atoms with Gasteiger partial charge >= 0.3 is 0 Å². The van der Waals surface area contributed by atoms with Crippen LogP contribution < -0.4 is 20.4 Å². The molecule has 168 valence electrons. The van der Waals surface area contributed by atoms with E-state index in [9.17, 15) is 0 Å². The molecule has 2 N–H and O–H groups in total. The van der Waals surface area contributed by atoms with E-state index in [1.807, 2.05) is 19.1 Å². The fraction of sp³-hybridized carbons (Fsp3) is 0.609. The maximum Gasteiger partial charge on any atom is 0.232 e. The van der Waals surface area contributed by atoms with Gasteiger partial charge in [0.1, 0.15) is 23.2 Å². The minimum Gasteiger partial charge on any atom is -0.465 e. The summed E-state index contributed by atoms with van der Waals surface area (Å²) in [6.07, 6.45) is 6.17. The molecule has 0 spiro atoms. The summed E-state index contributed by atoms with van der Waals surface area (Å²) in [5, 5.41) is 6.90. The number of furan rings is 1. The van der Waals surface area contributed by atoms with Gasteiger partial charge in [-0.15, -0.1) is 0 Å². The number of rotatable bonds is 5. The van der Waals surface area contributed by atoms with Gasteiger partial charge in [-0.25, -0.2) is 0 Å². The number of thiocarbonyl (C=S) groups is 1. The number of piperidine rings is 2. The first-order chi connectivity index (χ1) is 15.0. The number of hydrogen-bond donors (Lipinski definition) is 2. The highest BCUT2D eigenvalue weighted by molar-refractivity contribution is 7.80. The minimum atomic E-state index is 0.483. The van der Waals surface area contributed by atoms with Crippen LogP contribution in [0, 0.1) is 12.8 Å². The van der Waals surface area contributed by atoms with E-state index in [0.717, 1.165) is 42.8 Å². The van der Waals surface area contributed by atoms with Crippen LogP contribution in [0.2, 0.25) is 0 Å². The lowest BCUT2D eigenvalue weighted by atomic mass is 10.0. The zero-order chi connectivity index (χ0) is 21.8. The van der Waals surface area contributed by atoms with E-state index in [-0.39, 0.29) is 0 Å². The van der Waals surface area contributed by atoms with E-state index < -0.39 is 0 Å². The van der Waals surface area contributed by atoms with Crippen molar-refractivity contribution in [1.82, 2.24) is 15.3 Å². The Balaban J connectivity index is 1.52. The first-order valence-electron chi connectivity index (χ1n) is 11.5. The van der Waals surface area contributed by atoms with Crippen LogP contribution in [0.15, 0.2) is 22.6 Å². The van der Waals surface area contributed by atoms with Gasteiger partial charge in [-0.2, -0.15) is 9.97 Å². The molecule has 2 fully saturated rings. The average Bonchev–Trinajstić information content (AvgIpc) is 3.17. The second-order valence-electron chi connectivity index (χ2n) is 8.96. The summed E-state index contributed by atoms with van der Waals surface area (Å²) in [7, 11) is 0. The van der Waals surface area contributed by atoms with E-state index in [1.54, 1.807) is 0 Å². The van der Waals surface area contributed by atoms with E-state index in [1.165, 1.54) is 32.1 Å². The number of nitrogens with zero attached hydrogens (tertiary/aromatic N) is 4. The zero-order valence-electron chi connectivity index (χ0n) is 18.9. The number of nitrogens with one attached hydrogen (secondary N) is 2. The van der Waals surface area contributed by atoms with Gasteiger partial charge < -0.3 is 24.9 Å². The average molecular weight is 443 g/mol. The molecule has 0 bridgehead atoms. The minimum absolute atomic E-state index is 0.483. The molecule has 2 aliphatic heterocycles. The summed E-state index contributed by atoms with van der Waals surface area (Å²) >= 11 is 5.51. The van der Waals surface area contributed by atoms with Crippen molar-refractivity contribution in [3.63, 3.8) is 0 Å². The van der Waals surface area contributed by atoms with Crippen LogP contribution in [-0.4, -0.2) is 40.8 Å². The lowest BCUT2D eigenvalue weighted by Gasteiger charge is -2.36. The first-order valence-corrected chi connectivity index (χ1v) is 11.9. The fourth-order valence-electron chi connectivity index (χ4n) is 4.52. The molecule has 0 radical (unpaired) electrons. The molecule has 0 saturated carbocycles.